The highest BCUT2D eigenvalue weighted by Crippen LogP contribution is 2.45. The summed E-state index contributed by atoms with van der Waals surface area (Å²) in [5.74, 6) is 0.255. The van der Waals surface area contributed by atoms with Crippen molar-refractivity contribution in [1.82, 2.24) is 5.32 Å². The summed E-state index contributed by atoms with van der Waals surface area (Å²) in [6.45, 7) is 8.34. The number of carbonyl (C=O) groups excluding carboxylic acids is 2. The van der Waals surface area contributed by atoms with Crippen LogP contribution in [0.15, 0.2) is 58.0 Å². The quantitative estimate of drug-likeness (QED) is 0.263. The smallest absolute Gasteiger partial charge is 0.306 e. The van der Waals surface area contributed by atoms with Gasteiger partial charge in [-0.05, 0) is 63.9 Å². The van der Waals surface area contributed by atoms with E-state index in [0.29, 0.717) is 36.8 Å². The molecule has 0 spiro atoms. The summed E-state index contributed by atoms with van der Waals surface area (Å²) >= 11 is 3.61. The number of nitrogens with zero attached hydrogens (tertiary/aromatic N) is 1. The van der Waals surface area contributed by atoms with Crippen molar-refractivity contribution in [2.45, 2.75) is 70.6 Å². The molecule has 0 aliphatic carbocycles. The highest BCUT2D eigenvalue weighted by molar-refractivity contribution is 9.10. The molecule has 2 atom stereocenters. The zero-order valence-corrected chi connectivity index (χ0v) is 24.0. The van der Waals surface area contributed by atoms with E-state index in [2.05, 4.69) is 21.2 Å². The van der Waals surface area contributed by atoms with E-state index in [9.17, 15) is 9.59 Å². The Hall–Kier alpha value is -2.91. The molecule has 1 amide bonds. The largest absolute Gasteiger partial charge is 0.494 e. The molecule has 0 fully saturated rings. The van der Waals surface area contributed by atoms with E-state index in [0.717, 1.165) is 16.5 Å². The molecule has 0 saturated heterocycles. The minimum atomic E-state index is -1.39. The Bertz CT molecular complexity index is 1130. The predicted molar refractivity (Wildman–Crippen MR) is 149 cm³/mol. The van der Waals surface area contributed by atoms with Gasteiger partial charge < -0.3 is 24.6 Å². The summed E-state index contributed by atoms with van der Waals surface area (Å²) in [5, 5.41) is 12.0. The number of benzene rings is 2. The van der Waals surface area contributed by atoms with Crippen molar-refractivity contribution in [3.63, 3.8) is 0 Å². The summed E-state index contributed by atoms with van der Waals surface area (Å²) < 4.78 is 18.4. The first-order chi connectivity index (χ1) is 18.1. The van der Waals surface area contributed by atoms with Gasteiger partial charge in [-0.1, -0.05) is 41.1 Å². The van der Waals surface area contributed by atoms with Crippen molar-refractivity contribution in [2.75, 3.05) is 19.8 Å². The molecule has 2 aromatic rings. The van der Waals surface area contributed by atoms with E-state index < -0.39 is 23.2 Å². The number of esters is 1. The summed E-state index contributed by atoms with van der Waals surface area (Å²) in [6, 6.07) is 14.8. The van der Waals surface area contributed by atoms with Crippen LogP contribution in [0.5, 0.6) is 5.75 Å². The summed E-state index contributed by atoms with van der Waals surface area (Å²) in [5.41, 5.74) is -0.593. The molecule has 1 aliphatic heterocycles. The van der Waals surface area contributed by atoms with Crippen molar-refractivity contribution in [3.05, 3.63) is 64.1 Å². The standard InChI is InChI=1S/C29H37BrN2O6/c1-5-17-31-27(35)29(16-15-24(34)38-28(2,3)4)25(22-9-6-7-10-23(22)30)37-26(32-29)20-11-13-21(14-12-20)36-19-8-18-33/h6-7,9-14,25,33H,5,8,15-19H2,1-4H3,(H,31,35)/t25-,29-/m1/s1. The molecule has 3 rings (SSSR count). The van der Waals surface area contributed by atoms with Crippen LogP contribution in [0.4, 0.5) is 0 Å². The first-order valence-electron chi connectivity index (χ1n) is 12.9. The Morgan fingerprint density at radius 3 is 2.50 bits per heavy atom. The molecule has 8 nitrogen and oxygen atoms in total. The Morgan fingerprint density at radius 1 is 1.16 bits per heavy atom. The molecule has 2 aromatic carbocycles. The van der Waals surface area contributed by atoms with Gasteiger partial charge >= 0.3 is 5.97 Å². The number of aliphatic hydroxyl groups excluding tert-OH is 1. The van der Waals surface area contributed by atoms with Gasteiger partial charge in [-0.15, -0.1) is 0 Å². The first-order valence-corrected chi connectivity index (χ1v) is 13.7. The average molecular weight is 590 g/mol. The fourth-order valence-corrected chi connectivity index (χ4v) is 4.60. The monoisotopic (exact) mass is 588 g/mol. The lowest BCUT2D eigenvalue weighted by Gasteiger charge is -2.31. The Balaban J connectivity index is 2.01. The number of aliphatic hydroxyl groups is 1. The fourth-order valence-electron chi connectivity index (χ4n) is 4.11. The van der Waals surface area contributed by atoms with Crippen LogP contribution in [0, 0.1) is 0 Å². The van der Waals surface area contributed by atoms with Crippen LogP contribution in [-0.4, -0.2) is 53.8 Å². The molecule has 0 radical (unpaired) electrons. The first kappa shape index (κ1) is 29.6. The minimum Gasteiger partial charge on any atom is -0.494 e. The second-order valence-electron chi connectivity index (χ2n) is 10.2. The van der Waals surface area contributed by atoms with E-state index in [1.54, 1.807) is 12.1 Å². The molecular weight excluding hydrogens is 552 g/mol. The molecule has 1 heterocycles. The van der Waals surface area contributed by atoms with Crippen molar-refractivity contribution in [1.29, 1.82) is 0 Å². The second-order valence-corrected chi connectivity index (χ2v) is 11.0. The van der Waals surface area contributed by atoms with Crippen LogP contribution in [-0.2, 0) is 19.1 Å². The Morgan fingerprint density at radius 2 is 1.87 bits per heavy atom. The number of rotatable bonds is 12. The van der Waals surface area contributed by atoms with E-state index >= 15 is 0 Å². The van der Waals surface area contributed by atoms with Gasteiger partial charge in [0.25, 0.3) is 5.91 Å². The highest BCUT2D eigenvalue weighted by Gasteiger charge is 2.53. The third kappa shape index (κ3) is 7.57. The molecule has 2 N–H and O–H groups in total. The van der Waals surface area contributed by atoms with Gasteiger partial charge in [-0.2, -0.15) is 0 Å². The van der Waals surface area contributed by atoms with E-state index in [4.69, 9.17) is 24.3 Å². The van der Waals surface area contributed by atoms with Gasteiger partial charge in [0, 0.05) is 41.6 Å². The molecule has 206 valence electrons. The van der Waals surface area contributed by atoms with Crippen molar-refractivity contribution >= 4 is 33.7 Å². The van der Waals surface area contributed by atoms with Gasteiger partial charge in [0.05, 0.1) is 6.61 Å². The molecule has 0 bridgehead atoms. The molecule has 0 unspecified atom stereocenters. The maximum atomic E-state index is 13.8. The summed E-state index contributed by atoms with van der Waals surface area (Å²) in [7, 11) is 0. The van der Waals surface area contributed by atoms with Gasteiger partial charge in [0.1, 0.15) is 11.4 Å². The molecule has 38 heavy (non-hydrogen) atoms. The van der Waals surface area contributed by atoms with Crippen LogP contribution >= 0.6 is 15.9 Å². The topological polar surface area (TPSA) is 106 Å². The van der Waals surface area contributed by atoms with Crippen LogP contribution in [0.3, 0.4) is 0 Å². The maximum Gasteiger partial charge on any atom is 0.306 e. The van der Waals surface area contributed by atoms with E-state index in [1.165, 1.54) is 0 Å². The number of carbonyl (C=O) groups is 2. The molecule has 9 heteroatoms. The Kier molecular flexibility index (Phi) is 10.3. The third-order valence-corrected chi connectivity index (χ3v) is 6.61. The van der Waals surface area contributed by atoms with Crippen LogP contribution in [0.25, 0.3) is 0 Å². The van der Waals surface area contributed by atoms with Crippen molar-refractivity contribution in [3.8, 4) is 5.75 Å². The number of amides is 1. The van der Waals surface area contributed by atoms with E-state index in [-0.39, 0.29) is 25.4 Å². The SMILES string of the molecule is CCCNC(=O)[C@]1(CCC(=O)OC(C)(C)C)N=C(c2ccc(OCCCO)cc2)O[C@@H]1c1ccccc1Br. The van der Waals surface area contributed by atoms with Gasteiger partial charge in [-0.3, -0.25) is 9.59 Å². The highest BCUT2D eigenvalue weighted by atomic mass is 79.9. The minimum absolute atomic E-state index is 0.00442. The fraction of sp³-hybridized carbons (Fsp3) is 0.483. The van der Waals surface area contributed by atoms with Crippen LogP contribution in [0.1, 0.15) is 70.6 Å². The lowest BCUT2D eigenvalue weighted by Crippen LogP contribution is -2.49. The number of halogens is 1. The zero-order valence-electron chi connectivity index (χ0n) is 22.5. The molecular formula is C29H37BrN2O6. The Labute approximate surface area is 232 Å². The number of aliphatic imine (C=N–C) groups is 1. The average Bonchev–Trinajstić information content (AvgIpc) is 3.26. The predicted octanol–water partition coefficient (Wildman–Crippen LogP) is 5.12. The normalized spacial score (nSPS) is 18.9. The van der Waals surface area contributed by atoms with Gasteiger partial charge in [0.2, 0.25) is 5.90 Å². The number of hydrogen-bond donors (Lipinski definition) is 2. The summed E-state index contributed by atoms with van der Waals surface area (Å²) in [4.78, 5) is 31.4. The number of nitrogens with one attached hydrogen (secondary N) is 1. The van der Waals surface area contributed by atoms with Crippen LogP contribution in [0.2, 0.25) is 0 Å². The van der Waals surface area contributed by atoms with Gasteiger partial charge in [0.15, 0.2) is 11.6 Å². The van der Waals surface area contributed by atoms with Crippen molar-refractivity contribution in [2.24, 2.45) is 4.99 Å². The number of hydrogen-bond acceptors (Lipinski definition) is 7. The second kappa shape index (κ2) is 13.2. The lowest BCUT2D eigenvalue weighted by molar-refractivity contribution is -0.155. The van der Waals surface area contributed by atoms with E-state index in [1.807, 2.05) is 64.1 Å². The van der Waals surface area contributed by atoms with Gasteiger partial charge in [-0.25, -0.2) is 4.99 Å². The maximum absolute atomic E-state index is 13.8. The molecule has 0 saturated carbocycles. The third-order valence-electron chi connectivity index (χ3n) is 5.88. The van der Waals surface area contributed by atoms with Crippen molar-refractivity contribution < 1.29 is 28.9 Å². The molecule has 1 aliphatic rings. The number of ether oxygens (including phenoxy) is 3. The zero-order chi connectivity index (χ0) is 27.8. The molecule has 0 aromatic heterocycles. The van der Waals surface area contributed by atoms with Crippen LogP contribution < -0.4 is 10.1 Å². The lowest BCUT2D eigenvalue weighted by atomic mass is 9.83. The summed E-state index contributed by atoms with van der Waals surface area (Å²) in [6.07, 6.45) is 0.624.